The number of aromatic carboxylic acids is 1. The van der Waals surface area contributed by atoms with E-state index in [0.29, 0.717) is 24.6 Å². The molecule has 11 heteroatoms. The second kappa shape index (κ2) is 10.9. The van der Waals surface area contributed by atoms with E-state index in [4.69, 9.17) is 19.4 Å². The van der Waals surface area contributed by atoms with Crippen molar-refractivity contribution in [1.29, 1.82) is 5.26 Å². The highest BCUT2D eigenvalue weighted by atomic mass is 32.1. The molecule has 9 nitrogen and oxygen atoms in total. The van der Waals surface area contributed by atoms with Crippen LogP contribution in [0.3, 0.4) is 0 Å². The first-order valence-corrected chi connectivity index (χ1v) is 15.6. The topological polar surface area (TPSA) is 113 Å². The summed E-state index contributed by atoms with van der Waals surface area (Å²) in [7, 11) is 1.51. The van der Waals surface area contributed by atoms with Crippen LogP contribution in [0.15, 0.2) is 48.5 Å². The Labute approximate surface area is 258 Å². The van der Waals surface area contributed by atoms with Gasteiger partial charge in [-0.1, -0.05) is 12.1 Å². The number of thiophene rings is 1. The number of carbonyl (C=O) groups is 1. The van der Waals surface area contributed by atoms with E-state index in [9.17, 15) is 19.6 Å². The van der Waals surface area contributed by atoms with Gasteiger partial charge < -0.3 is 24.0 Å². The Kier molecular flexibility index (Phi) is 7.04. The van der Waals surface area contributed by atoms with E-state index in [1.165, 1.54) is 36.2 Å². The van der Waals surface area contributed by atoms with Gasteiger partial charge in [0.1, 0.15) is 27.9 Å². The lowest BCUT2D eigenvalue weighted by Gasteiger charge is -2.52. The quantitative estimate of drug-likeness (QED) is 0.211. The Hall–Kier alpha value is -4.43. The van der Waals surface area contributed by atoms with Gasteiger partial charge in [-0.25, -0.2) is 19.2 Å². The molecule has 1 aromatic carbocycles. The van der Waals surface area contributed by atoms with Crippen LogP contribution in [0.2, 0.25) is 0 Å². The maximum absolute atomic E-state index is 13.5. The molecule has 44 heavy (non-hydrogen) atoms. The number of aromatic nitrogens is 3. The maximum atomic E-state index is 13.5. The molecule has 7 rings (SSSR count). The lowest BCUT2D eigenvalue weighted by atomic mass is 9.69. The molecular formula is C33H32FN5O4S. The average Bonchev–Trinajstić information content (AvgIpc) is 3.50. The van der Waals surface area contributed by atoms with Crippen LogP contribution in [-0.2, 0) is 13.2 Å². The van der Waals surface area contributed by atoms with Gasteiger partial charge in [-0.2, -0.15) is 5.26 Å². The number of nitriles is 1. The number of allylic oxidation sites excluding steroid dienone is 2. The molecule has 1 N–H and O–H groups in total. The van der Waals surface area contributed by atoms with Crippen molar-refractivity contribution in [1.82, 2.24) is 14.5 Å². The number of ether oxygens (including phenoxy) is 2. The standard InChI is InChI=1S/C33H32FN5O4S/c1-42-26-15-23(34)6-5-22(26)17-43-28-4-2-3-24(36-28)21-7-9-33(10-8-21)18-38(19-33)31-37-29-25(16-27(44-29)30(40)41)39(31)20-32(11-12-32)13-14-35/h2-7,15-16H,8-13,17-20H2,1H3,(H,40,41). The number of methoxy groups -OCH3 is 1. The van der Waals surface area contributed by atoms with Gasteiger partial charge in [0.2, 0.25) is 11.8 Å². The van der Waals surface area contributed by atoms with Gasteiger partial charge in [0.15, 0.2) is 0 Å². The predicted molar refractivity (Wildman–Crippen MR) is 164 cm³/mol. The van der Waals surface area contributed by atoms with Crippen molar-refractivity contribution in [3.8, 4) is 17.7 Å². The van der Waals surface area contributed by atoms with Crippen LogP contribution in [0.1, 0.15) is 59.5 Å². The minimum Gasteiger partial charge on any atom is -0.496 e. The summed E-state index contributed by atoms with van der Waals surface area (Å²) >= 11 is 1.21. The van der Waals surface area contributed by atoms with E-state index < -0.39 is 5.97 Å². The Morgan fingerprint density at radius 1 is 1.18 bits per heavy atom. The Morgan fingerprint density at radius 2 is 2.02 bits per heavy atom. The number of anilines is 1. The average molecular weight is 614 g/mol. The SMILES string of the molecule is COc1cc(F)ccc1COc1cccc(C2=CCC3(CC2)CN(c2nc4sc(C(=O)O)cc4n2CC2(CC#N)CC2)C3)n1. The number of carboxylic acid groups (broad SMARTS) is 1. The van der Waals surface area contributed by atoms with Gasteiger partial charge >= 0.3 is 5.97 Å². The molecule has 0 bridgehead atoms. The van der Waals surface area contributed by atoms with E-state index >= 15 is 0 Å². The summed E-state index contributed by atoms with van der Waals surface area (Å²) < 4.78 is 26.9. The maximum Gasteiger partial charge on any atom is 0.346 e. The second-order valence-corrected chi connectivity index (χ2v) is 13.4. The van der Waals surface area contributed by atoms with Gasteiger partial charge in [-0.3, -0.25) is 0 Å². The van der Waals surface area contributed by atoms with Crippen LogP contribution < -0.4 is 14.4 Å². The molecule has 2 fully saturated rings. The van der Waals surface area contributed by atoms with Crippen molar-refractivity contribution in [3.05, 3.63) is 70.5 Å². The van der Waals surface area contributed by atoms with Gasteiger partial charge in [0, 0.05) is 54.6 Å². The monoisotopic (exact) mass is 613 g/mol. The lowest BCUT2D eigenvalue weighted by molar-refractivity contribution is 0.0702. The second-order valence-electron chi connectivity index (χ2n) is 12.3. The third-order valence-corrected chi connectivity index (χ3v) is 10.3. The molecule has 0 amide bonds. The summed E-state index contributed by atoms with van der Waals surface area (Å²) in [5.41, 5.74) is 3.83. The number of rotatable bonds is 10. The fourth-order valence-corrected chi connectivity index (χ4v) is 7.38. The molecule has 226 valence electrons. The summed E-state index contributed by atoms with van der Waals surface area (Å²) in [5, 5.41) is 18.9. The van der Waals surface area contributed by atoms with Crippen LogP contribution in [-0.4, -0.2) is 45.8 Å². The summed E-state index contributed by atoms with van der Waals surface area (Å²) in [5.74, 6) is 0.540. The number of benzene rings is 1. The van der Waals surface area contributed by atoms with Crippen molar-refractivity contribution >= 4 is 39.2 Å². The molecule has 0 radical (unpaired) electrons. The Balaban J connectivity index is 1.04. The largest absolute Gasteiger partial charge is 0.496 e. The summed E-state index contributed by atoms with van der Waals surface area (Å²) in [6.07, 6.45) is 7.70. The highest BCUT2D eigenvalue weighted by molar-refractivity contribution is 7.20. The molecule has 1 saturated heterocycles. The summed E-state index contributed by atoms with van der Waals surface area (Å²) in [4.78, 5) is 24.6. The van der Waals surface area contributed by atoms with Crippen LogP contribution in [0.5, 0.6) is 11.6 Å². The number of halogens is 1. The minimum absolute atomic E-state index is 0.0379. The van der Waals surface area contributed by atoms with E-state index in [0.717, 1.165) is 72.7 Å². The first kappa shape index (κ1) is 28.3. The zero-order chi connectivity index (χ0) is 30.5. The van der Waals surface area contributed by atoms with Crippen molar-refractivity contribution < 1.29 is 23.8 Å². The molecule has 0 unspecified atom stereocenters. The zero-order valence-corrected chi connectivity index (χ0v) is 25.2. The van der Waals surface area contributed by atoms with Crippen LogP contribution in [0.4, 0.5) is 10.3 Å². The number of fused-ring (bicyclic) bond motifs is 1. The third-order valence-electron chi connectivity index (χ3n) is 9.26. The highest BCUT2D eigenvalue weighted by Crippen LogP contribution is 2.52. The normalized spacial score (nSPS) is 18.0. The van der Waals surface area contributed by atoms with Gasteiger partial charge in [-0.05, 0) is 61.9 Å². The fraction of sp³-hybridized carbons (Fsp3) is 0.394. The molecule has 0 atom stereocenters. The minimum atomic E-state index is -0.938. The fourth-order valence-electron chi connectivity index (χ4n) is 6.51. The molecular weight excluding hydrogens is 581 g/mol. The Bertz CT molecular complexity index is 1830. The van der Waals surface area contributed by atoms with E-state index in [1.54, 1.807) is 12.1 Å². The first-order valence-electron chi connectivity index (χ1n) is 14.8. The Morgan fingerprint density at radius 3 is 2.73 bits per heavy atom. The molecule has 1 saturated carbocycles. The number of hydrogen-bond donors (Lipinski definition) is 1. The van der Waals surface area contributed by atoms with Gasteiger partial charge in [0.05, 0.1) is 24.4 Å². The summed E-state index contributed by atoms with van der Waals surface area (Å²) in [6, 6.07) is 14.2. The molecule has 1 aliphatic heterocycles. The number of carboxylic acids is 1. The number of nitrogens with zero attached hydrogens (tertiary/aromatic N) is 5. The van der Waals surface area contributed by atoms with Crippen LogP contribution >= 0.6 is 11.3 Å². The predicted octanol–water partition coefficient (Wildman–Crippen LogP) is 6.69. The van der Waals surface area contributed by atoms with Crippen molar-refractivity contribution in [3.63, 3.8) is 0 Å². The first-order chi connectivity index (χ1) is 21.3. The number of imidazole rings is 1. The van der Waals surface area contributed by atoms with E-state index in [2.05, 4.69) is 21.6 Å². The van der Waals surface area contributed by atoms with Crippen molar-refractivity contribution in [2.24, 2.45) is 10.8 Å². The van der Waals surface area contributed by atoms with Crippen molar-refractivity contribution in [2.45, 2.75) is 51.7 Å². The van der Waals surface area contributed by atoms with Crippen LogP contribution in [0.25, 0.3) is 15.9 Å². The zero-order valence-electron chi connectivity index (χ0n) is 24.4. The van der Waals surface area contributed by atoms with Gasteiger partial charge in [0.25, 0.3) is 0 Å². The highest BCUT2D eigenvalue weighted by Gasteiger charge is 2.47. The molecule has 3 aliphatic rings. The van der Waals surface area contributed by atoms with Crippen LogP contribution in [0, 0.1) is 28.0 Å². The summed E-state index contributed by atoms with van der Waals surface area (Å²) in [6.45, 7) is 2.68. The smallest absolute Gasteiger partial charge is 0.346 e. The molecule has 4 heterocycles. The lowest BCUT2D eigenvalue weighted by Crippen LogP contribution is -2.57. The third kappa shape index (κ3) is 5.28. The molecule has 2 aliphatic carbocycles. The molecule has 1 spiro atoms. The van der Waals surface area contributed by atoms with Crippen molar-refractivity contribution in [2.75, 3.05) is 25.1 Å². The number of hydrogen-bond acceptors (Lipinski definition) is 8. The number of pyridine rings is 1. The molecule has 4 aromatic rings. The van der Waals surface area contributed by atoms with E-state index in [1.807, 2.05) is 18.2 Å². The van der Waals surface area contributed by atoms with Gasteiger partial charge in [-0.15, -0.1) is 11.3 Å². The molecule has 3 aromatic heterocycles. The van der Waals surface area contributed by atoms with E-state index in [-0.39, 0.29) is 28.1 Å².